The first-order valence-corrected chi connectivity index (χ1v) is 5.21. The fourth-order valence-corrected chi connectivity index (χ4v) is 1.31. The van der Waals surface area contributed by atoms with E-state index in [1.165, 1.54) is 12.1 Å². The third-order valence-electron chi connectivity index (χ3n) is 2.26. The summed E-state index contributed by atoms with van der Waals surface area (Å²) in [6.07, 6.45) is -3.80. The van der Waals surface area contributed by atoms with Crippen LogP contribution in [0.2, 0.25) is 0 Å². The number of amides is 1. The molecule has 0 unspecified atom stereocenters. The van der Waals surface area contributed by atoms with Gasteiger partial charge in [0.05, 0.1) is 6.61 Å². The SMILES string of the molecule is NNC(=O)c1ccccc1COCC(F)(F)C(F)F. The molecule has 0 fully saturated rings. The second kappa shape index (κ2) is 6.48. The van der Waals surface area contributed by atoms with Crippen molar-refractivity contribution in [1.82, 2.24) is 5.43 Å². The second-order valence-electron chi connectivity index (χ2n) is 3.69. The molecule has 0 aromatic heterocycles. The molecule has 0 saturated carbocycles. The Bertz CT molecular complexity index is 440. The summed E-state index contributed by atoms with van der Waals surface area (Å²) in [6.45, 7) is -1.82. The number of benzene rings is 1. The van der Waals surface area contributed by atoms with Gasteiger partial charge >= 0.3 is 12.3 Å². The normalized spacial score (nSPS) is 11.7. The van der Waals surface area contributed by atoms with Gasteiger partial charge in [0.1, 0.15) is 6.61 Å². The molecule has 0 bridgehead atoms. The molecule has 0 saturated heterocycles. The molecule has 3 N–H and O–H groups in total. The lowest BCUT2D eigenvalue weighted by molar-refractivity contribution is -0.168. The van der Waals surface area contributed by atoms with Gasteiger partial charge in [-0.15, -0.1) is 0 Å². The Morgan fingerprint density at radius 1 is 1.37 bits per heavy atom. The van der Waals surface area contributed by atoms with Gasteiger partial charge in [-0.05, 0) is 11.6 Å². The lowest BCUT2D eigenvalue weighted by Crippen LogP contribution is -2.33. The lowest BCUT2D eigenvalue weighted by atomic mass is 10.1. The minimum Gasteiger partial charge on any atom is -0.370 e. The van der Waals surface area contributed by atoms with E-state index in [0.717, 1.165) is 0 Å². The number of carbonyl (C=O) groups is 1. The van der Waals surface area contributed by atoms with Crippen LogP contribution in [0.4, 0.5) is 17.6 Å². The number of nitrogen functional groups attached to an aromatic ring is 1. The van der Waals surface area contributed by atoms with E-state index in [4.69, 9.17) is 5.84 Å². The minimum absolute atomic E-state index is 0.130. The molecule has 0 radical (unpaired) electrons. The Morgan fingerprint density at radius 3 is 2.58 bits per heavy atom. The van der Waals surface area contributed by atoms with Gasteiger partial charge in [0.25, 0.3) is 5.91 Å². The van der Waals surface area contributed by atoms with E-state index >= 15 is 0 Å². The minimum atomic E-state index is -4.22. The predicted octanol–water partition coefficient (Wildman–Crippen LogP) is 1.71. The highest BCUT2D eigenvalue weighted by atomic mass is 19.3. The molecule has 0 aliphatic heterocycles. The van der Waals surface area contributed by atoms with E-state index in [2.05, 4.69) is 4.74 Å². The van der Waals surface area contributed by atoms with Crippen molar-refractivity contribution in [1.29, 1.82) is 0 Å². The zero-order chi connectivity index (χ0) is 14.5. The van der Waals surface area contributed by atoms with Crippen molar-refractivity contribution < 1.29 is 27.1 Å². The highest BCUT2D eigenvalue weighted by molar-refractivity contribution is 5.95. The first-order chi connectivity index (χ1) is 8.88. The van der Waals surface area contributed by atoms with Crippen molar-refractivity contribution in [3.63, 3.8) is 0 Å². The molecule has 1 rings (SSSR count). The monoisotopic (exact) mass is 280 g/mol. The Labute approximate surface area is 106 Å². The molecule has 1 aromatic rings. The Kier molecular flexibility index (Phi) is 5.25. The number of alkyl halides is 4. The molecule has 0 aliphatic rings. The number of nitrogens with one attached hydrogen (secondary N) is 1. The Balaban J connectivity index is 2.66. The summed E-state index contributed by atoms with van der Waals surface area (Å²) in [5.41, 5.74) is 2.29. The van der Waals surface area contributed by atoms with Crippen LogP contribution < -0.4 is 11.3 Å². The third-order valence-corrected chi connectivity index (χ3v) is 2.26. The summed E-state index contributed by atoms with van der Waals surface area (Å²) >= 11 is 0. The maximum Gasteiger partial charge on any atom is 0.330 e. The van der Waals surface area contributed by atoms with Crippen LogP contribution in [-0.2, 0) is 11.3 Å². The second-order valence-corrected chi connectivity index (χ2v) is 3.69. The topological polar surface area (TPSA) is 64.3 Å². The van der Waals surface area contributed by atoms with Crippen LogP contribution in [0.3, 0.4) is 0 Å². The number of carbonyl (C=O) groups excluding carboxylic acids is 1. The van der Waals surface area contributed by atoms with E-state index in [1.54, 1.807) is 12.1 Å². The van der Waals surface area contributed by atoms with Gasteiger partial charge in [0, 0.05) is 5.56 Å². The summed E-state index contributed by atoms with van der Waals surface area (Å²) in [5, 5.41) is 0. The number of hydrazine groups is 1. The maximum atomic E-state index is 12.6. The predicted molar refractivity (Wildman–Crippen MR) is 58.7 cm³/mol. The van der Waals surface area contributed by atoms with E-state index in [-0.39, 0.29) is 11.1 Å². The smallest absolute Gasteiger partial charge is 0.330 e. The maximum absolute atomic E-state index is 12.6. The van der Waals surface area contributed by atoms with Gasteiger partial charge in [0.2, 0.25) is 0 Å². The van der Waals surface area contributed by atoms with Crippen molar-refractivity contribution in [2.24, 2.45) is 5.84 Å². The van der Waals surface area contributed by atoms with Gasteiger partial charge in [-0.2, -0.15) is 8.78 Å². The molecule has 8 heteroatoms. The van der Waals surface area contributed by atoms with Crippen LogP contribution in [0.25, 0.3) is 0 Å². The average Bonchev–Trinajstić information content (AvgIpc) is 2.38. The van der Waals surface area contributed by atoms with Crippen molar-refractivity contribution in [3.05, 3.63) is 35.4 Å². The van der Waals surface area contributed by atoms with Crippen LogP contribution in [0.1, 0.15) is 15.9 Å². The molecule has 19 heavy (non-hydrogen) atoms. The number of hydrogen-bond donors (Lipinski definition) is 2. The number of rotatable bonds is 6. The first-order valence-electron chi connectivity index (χ1n) is 5.21. The Hall–Kier alpha value is -1.67. The van der Waals surface area contributed by atoms with E-state index in [9.17, 15) is 22.4 Å². The molecule has 0 spiro atoms. The van der Waals surface area contributed by atoms with Crippen LogP contribution in [-0.4, -0.2) is 24.9 Å². The van der Waals surface area contributed by atoms with Gasteiger partial charge in [0.15, 0.2) is 0 Å². The fraction of sp³-hybridized carbons (Fsp3) is 0.364. The molecule has 1 amide bonds. The highest BCUT2D eigenvalue weighted by Crippen LogP contribution is 2.23. The summed E-state index contributed by atoms with van der Waals surface area (Å²) in [4.78, 5) is 11.3. The van der Waals surface area contributed by atoms with Gasteiger partial charge < -0.3 is 4.74 Å². The average molecular weight is 280 g/mol. The number of hydrogen-bond acceptors (Lipinski definition) is 3. The molecule has 0 atom stereocenters. The number of nitrogens with two attached hydrogens (primary N) is 1. The van der Waals surface area contributed by atoms with Crippen LogP contribution in [0, 0.1) is 0 Å². The Morgan fingerprint density at radius 2 is 2.00 bits per heavy atom. The van der Waals surface area contributed by atoms with E-state index in [1.807, 2.05) is 5.43 Å². The highest BCUT2D eigenvalue weighted by Gasteiger charge is 2.40. The van der Waals surface area contributed by atoms with Gasteiger partial charge in [-0.25, -0.2) is 14.6 Å². The zero-order valence-corrected chi connectivity index (χ0v) is 9.71. The molecular weight excluding hydrogens is 268 g/mol. The third kappa shape index (κ3) is 4.18. The summed E-state index contributed by atoms with van der Waals surface area (Å²) in [6, 6.07) is 5.95. The summed E-state index contributed by atoms with van der Waals surface area (Å²) in [5.74, 6) is 0.109. The molecule has 106 valence electrons. The van der Waals surface area contributed by atoms with Gasteiger partial charge in [-0.1, -0.05) is 18.2 Å². The van der Waals surface area contributed by atoms with Gasteiger partial charge in [-0.3, -0.25) is 10.2 Å². The standard InChI is InChI=1S/C11H12F4N2O2/c12-10(13)11(14,15)6-19-5-7-3-1-2-4-8(7)9(18)17-16/h1-4,10H,5-6,16H2,(H,17,18). The first kappa shape index (κ1) is 15.4. The van der Waals surface area contributed by atoms with Crippen molar-refractivity contribution in [2.75, 3.05) is 6.61 Å². The summed E-state index contributed by atoms with van der Waals surface area (Å²) < 4.78 is 53.5. The zero-order valence-electron chi connectivity index (χ0n) is 9.71. The van der Waals surface area contributed by atoms with Crippen molar-refractivity contribution >= 4 is 5.91 Å². The van der Waals surface area contributed by atoms with Crippen molar-refractivity contribution in [2.45, 2.75) is 19.0 Å². The number of halogens is 4. The van der Waals surface area contributed by atoms with E-state index < -0.39 is 31.5 Å². The van der Waals surface area contributed by atoms with Crippen LogP contribution >= 0.6 is 0 Å². The molecule has 1 aromatic carbocycles. The fourth-order valence-electron chi connectivity index (χ4n) is 1.31. The quantitative estimate of drug-likeness (QED) is 0.361. The molecule has 0 heterocycles. The molecule has 0 aliphatic carbocycles. The number of ether oxygens (including phenoxy) is 1. The lowest BCUT2D eigenvalue weighted by Gasteiger charge is -2.15. The summed E-state index contributed by atoms with van der Waals surface area (Å²) in [7, 11) is 0. The van der Waals surface area contributed by atoms with Crippen molar-refractivity contribution in [3.8, 4) is 0 Å². The molecule has 4 nitrogen and oxygen atoms in total. The van der Waals surface area contributed by atoms with Crippen LogP contribution in [0.5, 0.6) is 0 Å². The largest absolute Gasteiger partial charge is 0.370 e. The molecular formula is C11H12F4N2O2. The van der Waals surface area contributed by atoms with Crippen LogP contribution in [0.15, 0.2) is 24.3 Å². The van der Waals surface area contributed by atoms with E-state index in [0.29, 0.717) is 0 Å².